The molecular weight excluding hydrogens is 321 g/mol. The molecule has 2 aromatic rings. The van der Waals surface area contributed by atoms with Gasteiger partial charge in [-0.2, -0.15) is 0 Å². The van der Waals surface area contributed by atoms with Crippen molar-refractivity contribution in [3.8, 4) is 5.75 Å². The van der Waals surface area contributed by atoms with Crippen molar-refractivity contribution in [3.63, 3.8) is 0 Å². The Morgan fingerprint density at radius 3 is 2.45 bits per heavy atom. The van der Waals surface area contributed by atoms with E-state index >= 15 is 0 Å². The van der Waals surface area contributed by atoms with Gasteiger partial charge in [0.2, 0.25) is 0 Å². The van der Waals surface area contributed by atoms with Gasteiger partial charge in [-0.05, 0) is 47.9 Å². The highest BCUT2D eigenvalue weighted by atomic mass is 79.9. The SMILES string of the molecule is CCCOc1ccc(C(N)c2cc(F)cc(Br)c2)cc1. The van der Waals surface area contributed by atoms with E-state index in [9.17, 15) is 4.39 Å². The average Bonchev–Trinajstić information content (AvgIpc) is 2.44. The summed E-state index contributed by atoms with van der Waals surface area (Å²) < 4.78 is 19.6. The Morgan fingerprint density at radius 1 is 1.15 bits per heavy atom. The Hall–Kier alpha value is -1.39. The molecule has 0 heterocycles. The van der Waals surface area contributed by atoms with Gasteiger partial charge >= 0.3 is 0 Å². The topological polar surface area (TPSA) is 35.2 Å². The lowest BCUT2D eigenvalue weighted by molar-refractivity contribution is 0.317. The molecule has 0 radical (unpaired) electrons. The van der Waals surface area contributed by atoms with Crippen LogP contribution in [-0.2, 0) is 0 Å². The Morgan fingerprint density at radius 2 is 1.85 bits per heavy atom. The second kappa shape index (κ2) is 6.86. The Bertz CT molecular complexity index is 551. The van der Waals surface area contributed by atoms with Crippen LogP contribution in [0.3, 0.4) is 0 Å². The molecule has 1 unspecified atom stereocenters. The summed E-state index contributed by atoms with van der Waals surface area (Å²) in [5.41, 5.74) is 7.83. The number of halogens is 2. The molecule has 20 heavy (non-hydrogen) atoms. The normalized spacial score (nSPS) is 12.2. The summed E-state index contributed by atoms with van der Waals surface area (Å²) in [5, 5.41) is 0. The number of hydrogen-bond donors (Lipinski definition) is 1. The van der Waals surface area contributed by atoms with Crippen LogP contribution in [-0.4, -0.2) is 6.61 Å². The van der Waals surface area contributed by atoms with Crippen molar-refractivity contribution in [2.45, 2.75) is 19.4 Å². The summed E-state index contributed by atoms with van der Waals surface area (Å²) in [7, 11) is 0. The van der Waals surface area contributed by atoms with Crippen LogP contribution < -0.4 is 10.5 Å². The fraction of sp³-hybridized carbons (Fsp3) is 0.250. The first-order valence-electron chi connectivity index (χ1n) is 6.54. The van der Waals surface area contributed by atoms with E-state index in [2.05, 4.69) is 22.9 Å². The lowest BCUT2D eigenvalue weighted by Gasteiger charge is -2.14. The van der Waals surface area contributed by atoms with Crippen molar-refractivity contribution in [3.05, 3.63) is 63.9 Å². The van der Waals surface area contributed by atoms with Crippen molar-refractivity contribution in [2.24, 2.45) is 5.73 Å². The van der Waals surface area contributed by atoms with Gasteiger partial charge in [0, 0.05) is 4.47 Å². The largest absolute Gasteiger partial charge is 0.494 e. The molecule has 0 fully saturated rings. The first kappa shape index (κ1) is 15.0. The van der Waals surface area contributed by atoms with Gasteiger partial charge in [-0.1, -0.05) is 35.0 Å². The van der Waals surface area contributed by atoms with Crippen LogP contribution in [0.5, 0.6) is 5.75 Å². The monoisotopic (exact) mass is 337 g/mol. The molecule has 0 aliphatic heterocycles. The maximum Gasteiger partial charge on any atom is 0.124 e. The van der Waals surface area contributed by atoms with Crippen molar-refractivity contribution < 1.29 is 9.13 Å². The van der Waals surface area contributed by atoms with Gasteiger partial charge in [0.1, 0.15) is 11.6 Å². The van der Waals surface area contributed by atoms with E-state index < -0.39 is 0 Å². The first-order valence-corrected chi connectivity index (χ1v) is 7.33. The van der Waals surface area contributed by atoms with E-state index in [1.807, 2.05) is 30.3 Å². The maximum absolute atomic E-state index is 13.4. The molecule has 2 N–H and O–H groups in total. The summed E-state index contributed by atoms with van der Waals surface area (Å²) in [6.07, 6.45) is 0.971. The van der Waals surface area contributed by atoms with Crippen LogP contribution in [0.15, 0.2) is 46.9 Å². The zero-order valence-electron chi connectivity index (χ0n) is 11.3. The average molecular weight is 338 g/mol. The molecule has 0 spiro atoms. The maximum atomic E-state index is 13.4. The third kappa shape index (κ3) is 3.81. The van der Waals surface area contributed by atoms with E-state index in [1.165, 1.54) is 12.1 Å². The number of hydrogen-bond acceptors (Lipinski definition) is 2. The lowest BCUT2D eigenvalue weighted by Crippen LogP contribution is -2.12. The molecule has 0 aliphatic carbocycles. The van der Waals surface area contributed by atoms with Crippen LogP contribution in [0, 0.1) is 5.82 Å². The highest BCUT2D eigenvalue weighted by Gasteiger charge is 2.11. The van der Waals surface area contributed by atoms with Crippen molar-refractivity contribution in [2.75, 3.05) is 6.61 Å². The number of ether oxygens (including phenoxy) is 1. The second-order valence-corrected chi connectivity index (χ2v) is 5.51. The van der Waals surface area contributed by atoms with Gasteiger partial charge in [-0.25, -0.2) is 4.39 Å². The molecule has 0 aliphatic rings. The van der Waals surface area contributed by atoms with E-state index in [0.29, 0.717) is 11.1 Å². The Kier molecular flexibility index (Phi) is 5.15. The lowest BCUT2D eigenvalue weighted by atomic mass is 9.99. The standard InChI is InChI=1S/C16H17BrFNO/c1-2-7-20-15-5-3-11(4-6-15)16(19)12-8-13(17)10-14(18)9-12/h3-6,8-10,16H,2,7,19H2,1H3. The van der Waals surface area contributed by atoms with Crippen LogP contribution >= 0.6 is 15.9 Å². The molecule has 0 aromatic heterocycles. The van der Waals surface area contributed by atoms with Crippen LogP contribution in [0.1, 0.15) is 30.5 Å². The zero-order chi connectivity index (χ0) is 14.5. The van der Waals surface area contributed by atoms with Crippen LogP contribution in [0.2, 0.25) is 0 Å². The highest BCUT2D eigenvalue weighted by molar-refractivity contribution is 9.10. The molecule has 106 valence electrons. The molecular formula is C16H17BrFNO. The molecule has 0 bridgehead atoms. The summed E-state index contributed by atoms with van der Waals surface area (Å²) >= 11 is 3.28. The Labute approximate surface area is 126 Å². The summed E-state index contributed by atoms with van der Waals surface area (Å²) in [6.45, 7) is 2.76. The predicted octanol–water partition coefficient (Wildman–Crippen LogP) is 4.43. The summed E-state index contributed by atoms with van der Waals surface area (Å²) in [6, 6.07) is 11.9. The Balaban J connectivity index is 2.17. The molecule has 2 aromatic carbocycles. The van der Waals surface area contributed by atoms with Gasteiger partial charge < -0.3 is 10.5 Å². The molecule has 4 heteroatoms. The van der Waals surface area contributed by atoms with Gasteiger partial charge in [0.25, 0.3) is 0 Å². The highest BCUT2D eigenvalue weighted by Crippen LogP contribution is 2.25. The quantitative estimate of drug-likeness (QED) is 0.876. The smallest absolute Gasteiger partial charge is 0.124 e. The molecule has 0 saturated carbocycles. The summed E-state index contributed by atoms with van der Waals surface area (Å²) in [4.78, 5) is 0. The van der Waals surface area contributed by atoms with E-state index in [-0.39, 0.29) is 11.9 Å². The van der Waals surface area contributed by atoms with Gasteiger partial charge in [0.05, 0.1) is 12.6 Å². The molecule has 2 nitrogen and oxygen atoms in total. The van der Waals surface area contributed by atoms with Crippen LogP contribution in [0.25, 0.3) is 0 Å². The van der Waals surface area contributed by atoms with Gasteiger partial charge in [0.15, 0.2) is 0 Å². The number of nitrogens with two attached hydrogens (primary N) is 1. The third-order valence-electron chi connectivity index (χ3n) is 2.96. The van der Waals surface area contributed by atoms with E-state index in [0.717, 1.165) is 23.3 Å². The van der Waals surface area contributed by atoms with Gasteiger partial charge in [-0.15, -0.1) is 0 Å². The predicted molar refractivity (Wildman–Crippen MR) is 82.4 cm³/mol. The number of rotatable bonds is 5. The minimum Gasteiger partial charge on any atom is -0.494 e. The van der Waals surface area contributed by atoms with Crippen molar-refractivity contribution in [1.29, 1.82) is 0 Å². The molecule has 0 amide bonds. The van der Waals surface area contributed by atoms with Crippen molar-refractivity contribution in [1.82, 2.24) is 0 Å². The summed E-state index contributed by atoms with van der Waals surface area (Å²) in [5.74, 6) is 0.524. The third-order valence-corrected chi connectivity index (χ3v) is 3.41. The first-order chi connectivity index (χ1) is 9.60. The number of benzene rings is 2. The molecule has 2 rings (SSSR count). The fourth-order valence-corrected chi connectivity index (χ4v) is 2.42. The molecule has 1 atom stereocenters. The minimum atomic E-state index is -0.359. The van der Waals surface area contributed by atoms with Gasteiger partial charge in [-0.3, -0.25) is 0 Å². The second-order valence-electron chi connectivity index (χ2n) is 4.60. The van der Waals surface area contributed by atoms with E-state index in [1.54, 1.807) is 0 Å². The van der Waals surface area contributed by atoms with Crippen LogP contribution in [0.4, 0.5) is 4.39 Å². The fourth-order valence-electron chi connectivity index (χ4n) is 1.94. The van der Waals surface area contributed by atoms with Crippen molar-refractivity contribution >= 4 is 15.9 Å². The minimum absolute atomic E-state index is 0.298. The zero-order valence-corrected chi connectivity index (χ0v) is 12.9. The molecule has 0 saturated heterocycles. The van der Waals surface area contributed by atoms with E-state index in [4.69, 9.17) is 10.5 Å².